The number of methoxy groups -OCH3 is 1. The molecule has 0 heterocycles. The Morgan fingerprint density at radius 2 is 1.90 bits per heavy atom. The number of hydrogen-bond acceptors (Lipinski definition) is 3. The van der Waals surface area contributed by atoms with Crippen molar-refractivity contribution in [3.8, 4) is 0 Å². The molecular weight excluding hydrogens is 258 g/mol. The Balaban J connectivity index is 2.78. The number of ether oxygens (including phenoxy) is 1. The van der Waals surface area contributed by atoms with Crippen LogP contribution in [0.1, 0.15) is 25.0 Å². The molecule has 0 saturated heterocycles. The lowest BCUT2D eigenvalue weighted by molar-refractivity contribution is -0.149. The SMILES string of the molecule is CCc1ccccc1CC(=O)NC(C)(COC)C(=O)O. The summed E-state index contributed by atoms with van der Waals surface area (Å²) >= 11 is 0. The summed E-state index contributed by atoms with van der Waals surface area (Å²) in [6.45, 7) is 3.37. The molecule has 0 bridgehead atoms. The van der Waals surface area contributed by atoms with Gasteiger partial charge in [0.2, 0.25) is 5.91 Å². The number of carbonyl (C=O) groups excluding carboxylic acids is 1. The summed E-state index contributed by atoms with van der Waals surface area (Å²) < 4.78 is 4.87. The highest BCUT2D eigenvalue weighted by Gasteiger charge is 2.34. The van der Waals surface area contributed by atoms with E-state index < -0.39 is 11.5 Å². The number of amides is 1. The number of carbonyl (C=O) groups is 2. The summed E-state index contributed by atoms with van der Waals surface area (Å²) in [7, 11) is 1.40. The summed E-state index contributed by atoms with van der Waals surface area (Å²) in [6.07, 6.45) is 0.994. The molecule has 0 aliphatic carbocycles. The molecule has 5 heteroatoms. The first-order valence-electron chi connectivity index (χ1n) is 6.53. The topological polar surface area (TPSA) is 75.6 Å². The van der Waals surface area contributed by atoms with Crippen LogP contribution in [0.5, 0.6) is 0 Å². The molecule has 1 rings (SSSR count). The van der Waals surface area contributed by atoms with Gasteiger partial charge in [-0.05, 0) is 24.5 Å². The highest BCUT2D eigenvalue weighted by molar-refractivity contribution is 5.87. The molecular formula is C15H21NO4. The van der Waals surface area contributed by atoms with Crippen molar-refractivity contribution in [3.63, 3.8) is 0 Å². The maximum Gasteiger partial charge on any atom is 0.331 e. The molecule has 0 spiro atoms. The highest BCUT2D eigenvalue weighted by atomic mass is 16.5. The van der Waals surface area contributed by atoms with Crippen LogP contribution in [0.15, 0.2) is 24.3 Å². The Hall–Kier alpha value is -1.88. The average Bonchev–Trinajstić information content (AvgIpc) is 2.39. The molecule has 1 atom stereocenters. The lowest BCUT2D eigenvalue weighted by atomic mass is 10.00. The third-order valence-corrected chi connectivity index (χ3v) is 3.17. The fraction of sp³-hybridized carbons (Fsp3) is 0.467. The van der Waals surface area contributed by atoms with Crippen molar-refractivity contribution in [3.05, 3.63) is 35.4 Å². The molecule has 110 valence electrons. The van der Waals surface area contributed by atoms with Gasteiger partial charge in [-0.25, -0.2) is 4.79 Å². The van der Waals surface area contributed by atoms with E-state index >= 15 is 0 Å². The predicted octanol–water partition coefficient (Wildman–Crippen LogP) is 1.40. The van der Waals surface area contributed by atoms with E-state index in [4.69, 9.17) is 4.74 Å². The van der Waals surface area contributed by atoms with Crippen LogP contribution in [0, 0.1) is 0 Å². The Bertz CT molecular complexity index is 487. The fourth-order valence-electron chi connectivity index (χ4n) is 2.04. The van der Waals surface area contributed by atoms with Crippen molar-refractivity contribution >= 4 is 11.9 Å². The van der Waals surface area contributed by atoms with Crippen LogP contribution in [0.3, 0.4) is 0 Å². The largest absolute Gasteiger partial charge is 0.479 e. The maximum atomic E-state index is 12.0. The molecule has 0 aromatic heterocycles. The second-order valence-electron chi connectivity index (χ2n) is 4.92. The lowest BCUT2D eigenvalue weighted by Crippen LogP contribution is -2.55. The third kappa shape index (κ3) is 4.06. The van der Waals surface area contributed by atoms with Crippen LogP contribution in [-0.4, -0.2) is 36.2 Å². The van der Waals surface area contributed by atoms with Crippen LogP contribution in [0.2, 0.25) is 0 Å². The minimum atomic E-state index is -1.41. The zero-order valence-corrected chi connectivity index (χ0v) is 12.1. The molecule has 1 unspecified atom stereocenters. The summed E-state index contributed by atoms with van der Waals surface area (Å²) in [4.78, 5) is 23.3. The van der Waals surface area contributed by atoms with Gasteiger partial charge in [0.1, 0.15) is 0 Å². The van der Waals surface area contributed by atoms with Crippen LogP contribution in [0.25, 0.3) is 0 Å². The lowest BCUT2D eigenvalue weighted by Gasteiger charge is -2.25. The van der Waals surface area contributed by atoms with E-state index in [-0.39, 0.29) is 18.9 Å². The fourth-order valence-corrected chi connectivity index (χ4v) is 2.04. The number of nitrogens with one attached hydrogen (secondary N) is 1. The number of benzene rings is 1. The molecule has 0 saturated carbocycles. The van der Waals surface area contributed by atoms with Crippen molar-refractivity contribution in [2.24, 2.45) is 0 Å². The Morgan fingerprint density at radius 3 is 2.40 bits per heavy atom. The quantitative estimate of drug-likeness (QED) is 0.791. The standard InChI is InChI=1S/C15H21NO4/c1-4-11-7-5-6-8-12(11)9-13(17)16-15(2,10-20-3)14(18)19/h5-8H,4,9-10H2,1-3H3,(H,16,17)(H,18,19). The smallest absolute Gasteiger partial charge is 0.331 e. The van der Waals surface area contributed by atoms with Crippen molar-refractivity contribution in [2.75, 3.05) is 13.7 Å². The molecule has 1 amide bonds. The van der Waals surface area contributed by atoms with Crippen LogP contribution in [0.4, 0.5) is 0 Å². The van der Waals surface area contributed by atoms with Crippen molar-refractivity contribution in [1.82, 2.24) is 5.32 Å². The van der Waals surface area contributed by atoms with Crippen molar-refractivity contribution in [1.29, 1.82) is 0 Å². The molecule has 5 nitrogen and oxygen atoms in total. The van der Waals surface area contributed by atoms with E-state index in [1.54, 1.807) is 0 Å². The van der Waals surface area contributed by atoms with Gasteiger partial charge in [-0.1, -0.05) is 31.2 Å². The Labute approximate surface area is 118 Å². The zero-order chi connectivity index (χ0) is 15.2. The van der Waals surface area contributed by atoms with E-state index in [1.807, 2.05) is 31.2 Å². The number of aliphatic carboxylic acids is 1. The summed E-state index contributed by atoms with van der Waals surface area (Å²) in [5, 5.41) is 11.7. The molecule has 1 aromatic carbocycles. The van der Waals surface area contributed by atoms with Gasteiger partial charge >= 0.3 is 5.97 Å². The number of rotatable bonds is 7. The number of aryl methyl sites for hydroxylation is 1. The third-order valence-electron chi connectivity index (χ3n) is 3.17. The van der Waals surface area contributed by atoms with E-state index in [0.29, 0.717) is 0 Å². The van der Waals surface area contributed by atoms with Gasteiger partial charge in [-0.15, -0.1) is 0 Å². The van der Waals surface area contributed by atoms with Crippen molar-refractivity contribution < 1.29 is 19.4 Å². The van der Waals surface area contributed by atoms with Crippen LogP contribution >= 0.6 is 0 Å². The monoisotopic (exact) mass is 279 g/mol. The maximum absolute atomic E-state index is 12.0. The molecule has 1 aromatic rings. The molecule has 0 aliphatic rings. The van der Waals surface area contributed by atoms with Gasteiger partial charge in [0.25, 0.3) is 0 Å². The summed E-state index contributed by atoms with van der Waals surface area (Å²) in [6, 6.07) is 7.64. The predicted molar refractivity (Wildman–Crippen MR) is 75.6 cm³/mol. The van der Waals surface area contributed by atoms with Crippen molar-refractivity contribution in [2.45, 2.75) is 32.2 Å². The van der Waals surface area contributed by atoms with Gasteiger partial charge in [0, 0.05) is 7.11 Å². The van der Waals surface area contributed by atoms with Gasteiger partial charge in [0.15, 0.2) is 5.54 Å². The average molecular weight is 279 g/mol. The molecule has 2 N–H and O–H groups in total. The Kier molecular flexibility index (Phi) is 5.70. The second kappa shape index (κ2) is 7.05. The normalized spacial score (nSPS) is 13.6. The van der Waals surface area contributed by atoms with E-state index in [2.05, 4.69) is 5.32 Å². The number of carboxylic acids is 1. The zero-order valence-electron chi connectivity index (χ0n) is 12.1. The van der Waals surface area contributed by atoms with Gasteiger partial charge in [0.05, 0.1) is 13.0 Å². The first kappa shape index (κ1) is 16.2. The minimum Gasteiger partial charge on any atom is -0.479 e. The van der Waals surface area contributed by atoms with Gasteiger partial charge in [-0.3, -0.25) is 4.79 Å². The number of carboxylic acid groups (broad SMARTS) is 1. The van der Waals surface area contributed by atoms with Crippen LogP contribution in [-0.2, 0) is 27.2 Å². The van der Waals surface area contributed by atoms with Crippen LogP contribution < -0.4 is 5.32 Å². The molecule has 0 radical (unpaired) electrons. The van der Waals surface area contributed by atoms with Gasteiger partial charge in [-0.2, -0.15) is 0 Å². The first-order valence-corrected chi connectivity index (χ1v) is 6.53. The second-order valence-corrected chi connectivity index (χ2v) is 4.92. The van der Waals surface area contributed by atoms with E-state index in [9.17, 15) is 14.7 Å². The summed E-state index contributed by atoms with van der Waals surface area (Å²) in [5.41, 5.74) is 0.594. The molecule has 0 fully saturated rings. The molecule has 20 heavy (non-hydrogen) atoms. The van der Waals surface area contributed by atoms with E-state index in [0.717, 1.165) is 17.5 Å². The highest BCUT2D eigenvalue weighted by Crippen LogP contribution is 2.11. The van der Waals surface area contributed by atoms with E-state index in [1.165, 1.54) is 14.0 Å². The number of hydrogen-bond donors (Lipinski definition) is 2. The first-order chi connectivity index (χ1) is 9.42. The summed E-state index contributed by atoms with van der Waals surface area (Å²) in [5.74, 6) is -1.44. The van der Waals surface area contributed by atoms with Gasteiger partial charge < -0.3 is 15.2 Å². The minimum absolute atomic E-state index is 0.0799. The Morgan fingerprint density at radius 1 is 1.30 bits per heavy atom. The molecule has 0 aliphatic heterocycles.